The van der Waals surface area contributed by atoms with Gasteiger partial charge in [-0.1, -0.05) is 12.1 Å². The van der Waals surface area contributed by atoms with Gasteiger partial charge in [0.05, 0.1) is 7.11 Å². The third-order valence-corrected chi connectivity index (χ3v) is 6.29. The highest BCUT2D eigenvalue weighted by Gasteiger charge is 2.54. The van der Waals surface area contributed by atoms with Crippen LogP contribution in [-0.2, 0) is 9.59 Å². The van der Waals surface area contributed by atoms with E-state index >= 15 is 0 Å². The molecule has 144 valence electrons. The molecule has 0 spiro atoms. The van der Waals surface area contributed by atoms with E-state index in [2.05, 4.69) is 0 Å². The molecule has 0 aromatic heterocycles. The van der Waals surface area contributed by atoms with Gasteiger partial charge in [0.15, 0.2) is 23.0 Å². The van der Waals surface area contributed by atoms with E-state index in [0.29, 0.717) is 30.1 Å². The number of fused-ring (bicyclic) bond motifs is 2. The number of benzene rings is 2. The first kappa shape index (κ1) is 17.1. The van der Waals surface area contributed by atoms with Crippen LogP contribution in [0, 0.1) is 11.8 Å². The molecule has 28 heavy (non-hydrogen) atoms. The van der Waals surface area contributed by atoms with Crippen molar-refractivity contribution in [1.29, 1.82) is 0 Å². The second-order valence-corrected chi connectivity index (χ2v) is 7.67. The molecule has 0 bridgehead atoms. The topological polar surface area (TPSA) is 82.1 Å². The van der Waals surface area contributed by atoms with Gasteiger partial charge in [-0.2, -0.15) is 0 Å². The number of rotatable bonds is 3. The fourth-order valence-electron chi connectivity index (χ4n) is 5.09. The zero-order valence-electron chi connectivity index (χ0n) is 15.4. The van der Waals surface area contributed by atoms with Crippen LogP contribution in [0.3, 0.4) is 0 Å². The molecular formula is C22H20O6. The normalized spacial score (nSPS) is 27.9. The zero-order valence-corrected chi connectivity index (χ0v) is 15.4. The third kappa shape index (κ3) is 2.47. The van der Waals surface area contributed by atoms with E-state index in [0.717, 1.165) is 11.1 Å². The molecule has 4 atom stereocenters. The van der Waals surface area contributed by atoms with Crippen molar-refractivity contribution in [1.82, 2.24) is 0 Å². The molecule has 6 nitrogen and oxygen atoms in total. The highest BCUT2D eigenvalue weighted by molar-refractivity contribution is 5.96. The van der Waals surface area contributed by atoms with Crippen molar-refractivity contribution in [3.05, 3.63) is 47.5 Å². The number of carbonyl (C=O) groups excluding carboxylic acids is 2. The maximum Gasteiger partial charge on any atom is 0.231 e. The molecule has 2 fully saturated rings. The minimum atomic E-state index is -0.345. The number of phenolic OH excluding ortho intramolecular Hbond substituents is 1. The maximum atomic E-state index is 12.9. The highest BCUT2D eigenvalue weighted by atomic mass is 16.7. The van der Waals surface area contributed by atoms with Gasteiger partial charge >= 0.3 is 0 Å². The SMILES string of the molecule is COc1cc(C2C(=O)CC3C(c4ccc5c(c4)OCO5)C(=O)CC23)ccc1O. The number of hydrogen-bond acceptors (Lipinski definition) is 6. The summed E-state index contributed by atoms with van der Waals surface area (Å²) >= 11 is 0. The van der Waals surface area contributed by atoms with Crippen LogP contribution in [0.5, 0.6) is 23.0 Å². The molecule has 1 aliphatic heterocycles. The maximum absolute atomic E-state index is 12.9. The Balaban J connectivity index is 1.49. The van der Waals surface area contributed by atoms with Gasteiger partial charge in [-0.15, -0.1) is 0 Å². The van der Waals surface area contributed by atoms with Crippen LogP contribution in [0.25, 0.3) is 0 Å². The summed E-state index contributed by atoms with van der Waals surface area (Å²) in [7, 11) is 1.48. The lowest BCUT2D eigenvalue weighted by molar-refractivity contribution is -0.121. The molecule has 4 unspecified atom stereocenters. The summed E-state index contributed by atoms with van der Waals surface area (Å²) in [6.07, 6.45) is 0.757. The minimum absolute atomic E-state index is 0.0230. The first-order chi connectivity index (χ1) is 13.6. The van der Waals surface area contributed by atoms with E-state index in [1.165, 1.54) is 7.11 Å². The minimum Gasteiger partial charge on any atom is -0.504 e. The molecule has 1 heterocycles. The average Bonchev–Trinajstić information content (AvgIpc) is 3.35. The van der Waals surface area contributed by atoms with Crippen molar-refractivity contribution >= 4 is 11.6 Å². The number of aromatic hydroxyl groups is 1. The van der Waals surface area contributed by atoms with Crippen LogP contribution in [0.15, 0.2) is 36.4 Å². The largest absolute Gasteiger partial charge is 0.504 e. The van der Waals surface area contributed by atoms with Gasteiger partial charge in [-0.3, -0.25) is 9.59 Å². The van der Waals surface area contributed by atoms with Gasteiger partial charge in [0.2, 0.25) is 6.79 Å². The van der Waals surface area contributed by atoms with E-state index < -0.39 is 0 Å². The van der Waals surface area contributed by atoms with Gasteiger partial charge in [-0.05, 0) is 47.2 Å². The number of carbonyl (C=O) groups is 2. The summed E-state index contributed by atoms with van der Waals surface area (Å²) in [5.41, 5.74) is 1.68. The summed E-state index contributed by atoms with van der Waals surface area (Å²) in [5.74, 6) is 1.31. The Bertz CT molecular complexity index is 946. The highest BCUT2D eigenvalue weighted by Crippen LogP contribution is 2.55. The molecule has 5 rings (SSSR count). The van der Waals surface area contributed by atoms with Gasteiger partial charge < -0.3 is 19.3 Å². The lowest BCUT2D eigenvalue weighted by Gasteiger charge is -2.20. The number of Topliss-reactive ketones (excluding diaryl/α,β-unsaturated/α-hetero) is 2. The van der Waals surface area contributed by atoms with Crippen molar-refractivity contribution < 1.29 is 28.9 Å². The Hall–Kier alpha value is -3.02. The van der Waals surface area contributed by atoms with E-state index in [4.69, 9.17) is 14.2 Å². The molecule has 0 radical (unpaired) electrons. The quantitative estimate of drug-likeness (QED) is 0.881. The predicted molar refractivity (Wildman–Crippen MR) is 98.9 cm³/mol. The Kier molecular flexibility index (Phi) is 3.82. The number of ketones is 2. The summed E-state index contributed by atoms with van der Waals surface area (Å²) in [6, 6.07) is 10.6. The van der Waals surface area contributed by atoms with E-state index in [9.17, 15) is 14.7 Å². The molecule has 2 aromatic carbocycles. The smallest absolute Gasteiger partial charge is 0.231 e. The van der Waals surface area contributed by atoms with Crippen molar-refractivity contribution in [3.63, 3.8) is 0 Å². The van der Waals surface area contributed by atoms with Crippen LogP contribution < -0.4 is 14.2 Å². The van der Waals surface area contributed by atoms with Crippen molar-refractivity contribution in [3.8, 4) is 23.0 Å². The second kappa shape index (κ2) is 6.26. The van der Waals surface area contributed by atoms with Gasteiger partial charge in [-0.25, -0.2) is 0 Å². The average molecular weight is 380 g/mol. The Morgan fingerprint density at radius 1 is 0.893 bits per heavy atom. The standard InChI is InChI=1S/C22H20O6/c1-26-19-6-11(2-4-15(19)23)21-13-8-17(25)22(14(13)9-16(21)24)12-3-5-18-20(7-12)28-10-27-18/h2-7,13-14,21-23H,8-10H2,1H3. The van der Waals surface area contributed by atoms with Crippen molar-refractivity contribution in [2.24, 2.45) is 11.8 Å². The number of methoxy groups -OCH3 is 1. The summed E-state index contributed by atoms with van der Waals surface area (Å²) in [6.45, 7) is 0.187. The molecular weight excluding hydrogens is 360 g/mol. The van der Waals surface area contributed by atoms with Crippen molar-refractivity contribution in [2.45, 2.75) is 24.7 Å². The fraction of sp³-hybridized carbons (Fsp3) is 0.364. The monoisotopic (exact) mass is 380 g/mol. The van der Waals surface area contributed by atoms with Crippen LogP contribution >= 0.6 is 0 Å². The molecule has 3 aliphatic rings. The molecule has 0 amide bonds. The summed E-state index contributed by atoms with van der Waals surface area (Å²) in [5, 5.41) is 9.85. The lowest BCUT2D eigenvalue weighted by atomic mass is 9.83. The molecule has 2 aliphatic carbocycles. The summed E-state index contributed by atoms with van der Waals surface area (Å²) in [4.78, 5) is 25.8. The van der Waals surface area contributed by atoms with E-state index in [1.807, 2.05) is 18.2 Å². The van der Waals surface area contributed by atoms with E-state index in [1.54, 1.807) is 18.2 Å². The Morgan fingerprint density at radius 3 is 2.18 bits per heavy atom. The first-order valence-electron chi connectivity index (χ1n) is 9.38. The van der Waals surface area contributed by atoms with Crippen LogP contribution in [0.4, 0.5) is 0 Å². The molecule has 2 aromatic rings. The lowest BCUT2D eigenvalue weighted by Crippen LogP contribution is -2.13. The van der Waals surface area contributed by atoms with E-state index in [-0.39, 0.29) is 47.8 Å². The van der Waals surface area contributed by atoms with Crippen molar-refractivity contribution in [2.75, 3.05) is 13.9 Å². The van der Waals surface area contributed by atoms with Crippen LogP contribution in [0.1, 0.15) is 35.8 Å². The fourth-order valence-corrected chi connectivity index (χ4v) is 5.09. The molecule has 2 saturated carbocycles. The Morgan fingerprint density at radius 2 is 1.50 bits per heavy atom. The van der Waals surface area contributed by atoms with Gasteiger partial charge in [0, 0.05) is 24.7 Å². The van der Waals surface area contributed by atoms with Gasteiger partial charge in [0.25, 0.3) is 0 Å². The number of phenols is 1. The molecule has 1 N–H and O–H groups in total. The molecule has 6 heteroatoms. The van der Waals surface area contributed by atoms with Gasteiger partial charge in [0.1, 0.15) is 11.6 Å². The number of hydrogen-bond donors (Lipinski definition) is 1. The Labute approximate surface area is 162 Å². The molecule has 0 saturated heterocycles. The zero-order chi connectivity index (χ0) is 19.4. The van der Waals surface area contributed by atoms with Crippen LogP contribution in [0.2, 0.25) is 0 Å². The first-order valence-corrected chi connectivity index (χ1v) is 9.38. The summed E-state index contributed by atoms with van der Waals surface area (Å²) < 4.78 is 16.0. The second-order valence-electron chi connectivity index (χ2n) is 7.67. The predicted octanol–water partition coefficient (Wildman–Crippen LogP) is 3.17. The van der Waals surface area contributed by atoms with Crippen LogP contribution in [-0.4, -0.2) is 30.6 Å². The third-order valence-electron chi connectivity index (χ3n) is 6.29. The number of ether oxygens (including phenoxy) is 3.